The van der Waals surface area contributed by atoms with E-state index < -0.39 is 5.41 Å². The van der Waals surface area contributed by atoms with Crippen molar-refractivity contribution in [1.82, 2.24) is 14.1 Å². The smallest absolute Gasteiger partial charge is 0.310 e. The van der Waals surface area contributed by atoms with Crippen molar-refractivity contribution >= 4 is 39.5 Å². The van der Waals surface area contributed by atoms with Crippen LogP contribution in [0.15, 0.2) is 231 Å². The van der Waals surface area contributed by atoms with Gasteiger partial charge in [-0.15, -0.1) is 0 Å². The summed E-state index contributed by atoms with van der Waals surface area (Å²) in [5.41, 5.74) is 23.4. The standard InChI is InChI=1S/C82H75N5O.Pt/c1-79(2,3)56-43-44-83-70(49-56)68-48-58(81(7,8)9)47-67-63-38-23-25-40-73(63)87(59-33-20-15-21-34-59)72-39-24-22-37-62(72)66-51-69(82(10,11)12)76(52-71(66)84-77(67)68)88-61-36-28-35-60(50-61)85-53-86(75-42-27-26-41-74(75)85)78-64(54-29-16-13-17-30-54)45-57(80(4,5)6)46-65(78)55-31-18-14-19-32-55;/h13-49,51,84H,1-12H3;/q-2;. The molecule has 89 heavy (non-hydrogen) atoms. The second kappa shape index (κ2) is 22.8. The summed E-state index contributed by atoms with van der Waals surface area (Å²) in [4.78, 5) is 7.64. The van der Waals surface area contributed by atoms with E-state index in [0.717, 1.165) is 116 Å². The summed E-state index contributed by atoms with van der Waals surface area (Å²) in [6.45, 7) is 27.3. The van der Waals surface area contributed by atoms with E-state index in [9.17, 15) is 0 Å². The van der Waals surface area contributed by atoms with Gasteiger partial charge in [-0.25, -0.2) is 0 Å². The average molecular weight is 1340 g/mol. The van der Waals surface area contributed by atoms with E-state index in [4.69, 9.17) is 9.72 Å². The fourth-order valence-corrected chi connectivity index (χ4v) is 13.4. The first-order valence-electron chi connectivity index (χ1n) is 30.9. The Labute approximate surface area is 536 Å². The Morgan fingerprint density at radius 2 is 0.933 bits per heavy atom. The number of hydrogen-bond acceptors (Lipinski definition) is 4. The van der Waals surface area contributed by atoms with Crippen molar-refractivity contribution in [2.24, 2.45) is 0 Å². The van der Waals surface area contributed by atoms with Gasteiger partial charge in [0.15, 0.2) is 0 Å². The molecule has 1 N–H and O–H groups in total. The molecule has 0 saturated carbocycles. The van der Waals surface area contributed by atoms with E-state index in [1.54, 1.807) is 0 Å². The number of ether oxygens (including phenoxy) is 1. The zero-order valence-electron chi connectivity index (χ0n) is 53.0. The second-order valence-electron chi connectivity index (χ2n) is 27.6. The zero-order valence-corrected chi connectivity index (χ0v) is 55.2. The summed E-state index contributed by atoms with van der Waals surface area (Å²) in [5, 5.41) is 4.17. The average Bonchev–Trinajstić information content (AvgIpc) is 1.75. The van der Waals surface area contributed by atoms with Gasteiger partial charge in [0, 0.05) is 17.4 Å². The first-order chi connectivity index (χ1) is 42.6. The van der Waals surface area contributed by atoms with Crippen LogP contribution in [0.3, 0.4) is 0 Å². The van der Waals surface area contributed by atoms with Crippen LogP contribution in [-0.4, -0.2) is 14.1 Å². The quantitative estimate of drug-likeness (QED) is 0.154. The minimum atomic E-state index is -0.399. The number of pyridine rings is 1. The van der Waals surface area contributed by atoms with Gasteiger partial charge in [0.1, 0.15) is 0 Å². The van der Waals surface area contributed by atoms with Crippen LogP contribution in [0, 0.1) is 15.9 Å². The van der Waals surface area contributed by atoms with Gasteiger partial charge in [-0.2, -0.15) is 0 Å². The van der Waals surface area contributed by atoms with E-state index in [2.05, 4.69) is 352 Å². The number of nitrogens with zero attached hydrogens (tertiary/aromatic N) is 4. The molecule has 0 bridgehead atoms. The van der Waals surface area contributed by atoms with Gasteiger partial charge in [0.2, 0.25) is 0 Å². The molecule has 2 aromatic heterocycles. The monoisotopic (exact) mass is 1340 g/mol. The first kappa shape index (κ1) is 58.9. The van der Waals surface area contributed by atoms with Gasteiger partial charge in [-0.1, -0.05) is 90.1 Å². The predicted molar refractivity (Wildman–Crippen MR) is 368 cm³/mol. The van der Waals surface area contributed by atoms with Crippen LogP contribution in [0.2, 0.25) is 0 Å². The minimum Gasteiger partial charge on any atom is -0.310 e. The van der Waals surface area contributed by atoms with Gasteiger partial charge >= 0.3 is 341 Å². The van der Waals surface area contributed by atoms with E-state index >= 15 is 0 Å². The van der Waals surface area contributed by atoms with Crippen molar-refractivity contribution in [3.8, 4) is 78.6 Å². The number of para-hydroxylation sites is 5. The van der Waals surface area contributed by atoms with Crippen LogP contribution in [-0.2, 0) is 41.0 Å². The molecule has 0 aliphatic carbocycles. The van der Waals surface area contributed by atoms with E-state index in [1.165, 1.54) is 16.7 Å². The Kier molecular flexibility index (Phi) is 15.1. The van der Waals surface area contributed by atoms with Crippen LogP contribution >= 0.6 is 0 Å². The molecule has 10 aromatic carbocycles. The maximum atomic E-state index is 7.39. The third-order valence-corrected chi connectivity index (χ3v) is 18.2. The summed E-state index contributed by atoms with van der Waals surface area (Å²) >= 11 is 2.53. The molecule has 0 unspecified atom stereocenters. The summed E-state index contributed by atoms with van der Waals surface area (Å²) in [7, 11) is 0. The zero-order chi connectivity index (χ0) is 62.1. The Morgan fingerprint density at radius 3 is 1.51 bits per heavy atom. The first-order valence-corrected chi connectivity index (χ1v) is 32.0. The van der Waals surface area contributed by atoms with Crippen LogP contribution in [0.4, 0.5) is 28.4 Å². The molecule has 13 rings (SSSR count). The molecule has 0 saturated heterocycles. The van der Waals surface area contributed by atoms with Crippen molar-refractivity contribution in [2.45, 2.75) is 105 Å². The molecular weight excluding hydrogens is 1270 g/mol. The summed E-state index contributed by atoms with van der Waals surface area (Å²) in [6.07, 6.45) is 1.96. The van der Waals surface area contributed by atoms with Crippen LogP contribution in [0.25, 0.3) is 78.2 Å². The predicted octanol–water partition coefficient (Wildman–Crippen LogP) is 22.3. The maximum absolute atomic E-state index is 7.39. The molecule has 0 amide bonds. The molecular formula is C82H75N5OPt-2. The Hall–Kier alpha value is -9.09. The minimum absolute atomic E-state index is 0.109. The SMILES string of the molecule is CC(C)(C)c1ccnc(-c2cc(C(C)(C)C)cc3c2Nc2[c-]c(Oc4[c-]c(-n5[c](=[Pt])n(-c6c(-c7ccccc7)cc(C(C)(C)C)cc6-c6ccccc6)c6ccccc65)ccc4)c(C(C)(C)C)cc2-c2ccccc2N(c2ccccc2)c2ccccc2-3)c1. The van der Waals surface area contributed by atoms with E-state index in [0.29, 0.717) is 11.5 Å². The molecule has 0 radical (unpaired) electrons. The van der Waals surface area contributed by atoms with Crippen molar-refractivity contribution in [3.05, 3.63) is 269 Å². The number of anilines is 5. The number of benzene rings is 10. The third kappa shape index (κ3) is 11.2. The van der Waals surface area contributed by atoms with Crippen molar-refractivity contribution in [1.29, 1.82) is 0 Å². The van der Waals surface area contributed by atoms with Gasteiger partial charge in [-0.3, -0.25) is 4.98 Å². The van der Waals surface area contributed by atoms with Gasteiger partial charge < -0.3 is 4.90 Å². The van der Waals surface area contributed by atoms with E-state index in [-0.39, 0.29) is 16.2 Å². The normalized spacial score (nSPS) is 12.6. The van der Waals surface area contributed by atoms with E-state index in [1.807, 2.05) is 12.3 Å². The second-order valence-corrected chi connectivity index (χ2v) is 28.6. The summed E-state index contributed by atoms with van der Waals surface area (Å²) in [5.74, 6) is 1.17. The Bertz CT molecular complexity index is 4660. The number of hydrogen-bond donors (Lipinski definition) is 1. The molecule has 7 heteroatoms. The van der Waals surface area contributed by atoms with Crippen molar-refractivity contribution in [3.63, 3.8) is 0 Å². The molecule has 0 atom stereocenters. The van der Waals surface area contributed by atoms with Crippen LogP contribution in [0.1, 0.15) is 105 Å². The van der Waals surface area contributed by atoms with Gasteiger partial charge in [0.25, 0.3) is 0 Å². The number of imidazole rings is 1. The number of fused-ring (bicyclic) bond motifs is 7. The Morgan fingerprint density at radius 1 is 0.427 bits per heavy atom. The molecule has 12 aromatic rings. The molecule has 1 aliphatic heterocycles. The summed E-state index contributed by atoms with van der Waals surface area (Å²) in [6, 6.07) is 89.1. The number of aromatic nitrogens is 3. The third-order valence-electron chi connectivity index (χ3n) is 17.2. The fourth-order valence-electron chi connectivity index (χ4n) is 12.3. The summed E-state index contributed by atoms with van der Waals surface area (Å²) < 4.78 is 13.1. The number of rotatable bonds is 8. The van der Waals surface area contributed by atoms with Gasteiger partial charge in [-0.05, 0) is 70.5 Å². The fraction of sp³-hybridized carbons (Fsp3) is 0.195. The molecule has 0 fully saturated rings. The number of nitrogens with one attached hydrogen (secondary N) is 1. The van der Waals surface area contributed by atoms with Crippen LogP contribution in [0.5, 0.6) is 11.5 Å². The topological polar surface area (TPSA) is 47.3 Å². The molecule has 446 valence electrons. The van der Waals surface area contributed by atoms with Gasteiger partial charge in [0.05, 0.1) is 11.4 Å². The van der Waals surface area contributed by atoms with Crippen molar-refractivity contribution < 1.29 is 24.1 Å². The van der Waals surface area contributed by atoms with Crippen molar-refractivity contribution in [2.75, 3.05) is 10.2 Å². The Balaban J connectivity index is 1.04. The molecule has 3 heterocycles. The van der Waals surface area contributed by atoms with Crippen LogP contribution < -0.4 is 15.0 Å². The molecule has 1 aliphatic rings. The molecule has 0 spiro atoms. The molecule has 6 nitrogen and oxygen atoms in total.